The second-order valence-electron chi connectivity index (χ2n) is 12.3. The zero-order valence-corrected chi connectivity index (χ0v) is 19.4. The molecule has 0 N–H and O–H groups in total. The summed E-state index contributed by atoms with van der Waals surface area (Å²) in [5.74, 6) is 0. The molecule has 0 amide bonds. The van der Waals surface area contributed by atoms with Crippen LogP contribution in [0.25, 0.3) is 0 Å². The van der Waals surface area contributed by atoms with Crippen molar-refractivity contribution in [1.82, 2.24) is 0 Å². The Balaban J connectivity index is 0. The molecule has 0 bridgehead atoms. The minimum absolute atomic E-state index is 0.329. The molecule has 144 valence electrons. The first kappa shape index (κ1) is 25.7. The van der Waals surface area contributed by atoms with Gasteiger partial charge in [-0.1, -0.05) is 107 Å². The molecule has 24 heavy (non-hydrogen) atoms. The van der Waals surface area contributed by atoms with Crippen molar-refractivity contribution in [2.45, 2.75) is 109 Å². The van der Waals surface area contributed by atoms with E-state index in [1.807, 2.05) is 0 Å². The summed E-state index contributed by atoms with van der Waals surface area (Å²) in [6, 6.07) is 0. The van der Waals surface area contributed by atoms with E-state index in [0.29, 0.717) is 21.7 Å². The topological polar surface area (TPSA) is 0 Å². The van der Waals surface area contributed by atoms with E-state index in [4.69, 9.17) is 0 Å². The molecule has 0 unspecified atom stereocenters. The normalized spacial score (nSPS) is 14.1. The predicted octanol–water partition coefficient (Wildman–Crippen LogP) is 8.83. The highest BCUT2D eigenvalue weighted by molar-refractivity contribution is 5.05. The highest BCUT2D eigenvalue weighted by Crippen LogP contribution is 2.31. The van der Waals surface area contributed by atoms with E-state index in [-0.39, 0.29) is 0 Å². The van der Waals surface area contributed by atoms with Gasteiger partial charge in [-0.25, -0.2) is 0 Å². The van der Waals surface area contributed by atoms with E-state index in [0.717, 1.165) is 12.8 Å². The quantitative estimate of drug-likeness (QED) is 0.451. The molecule has 0 nitrogen and oxygen atoms in total. The van der Waals surface area contributed by atoms with Gasteiger partial charge in [-0.05, 0) is 47.8 Å². The average Bonchev–Trinajstić information content (AvgIpc) is 2.02. The third kappa shape index (κ3) is 23.7. The Morgan fingerprint density at radius 2 is 0.917 bits per heavy atom. The second kappa shape index (κ2) is 9.25. The van der Waals surface area contributed by atoms with Gasteiger partial charge in [0.05, 0.1) is 0 Å². The predicted molar refractivity (Wildman–Crippen MR) is 115 cm³/mol. The fourth-order valence-electron chi connectivity index (χ4n) is 3.19. The molecular weight excluding hydrogens is 288 g/mol. The van der Waals surface area contributed by atoms with E-state index >= 15 is 0 Å². The molecule has 0 heteroatoms. The molecule has 0 aromatic heterocycles. The number of rotatable bonds is 3. The Hall–Kier alpha value is -0.520. The maximum Gasteiger partial charge on any atom is -0.0201 e. The Bertz CT molecular complexity index is 373. The molecule has 0 aromatic rings. The lowest BCUT2D eigenvalue weighted by Gasteiger charge is -2.25. The van der Waals surface area contributed by atoms with Gasteiger partial charge in [-0.3, -0.25) is 0 Å². The molecule has 0 saturated heterocycles. The van der Waals surface area contributed by atoms with Crippen molar-refractivity contribution in [2.75, 3.05) is 0 Å². The van der Waals surface area contributed by atoms with Gasteiger partial charge >= 0.3 is 0 Å². The summed E-state index contributed by atoms with van der Waals surface area (Å²) in [5, 5.41) is 0. The van der Waals surface area contributed by atoms with Gasteiger partial charge in [0.2, 0.25) is 0 Å². The van der Waals surface area contributed by atoms with Crippen molar-refractivity contribution in [2.24, 2.45) is 21.7 Å². The maximum atomic E-state index is 4.13. The van der Waals surface area contributed by atoms with Crippen LogP contribution in [0.3, 0.4) is 0 Å². The van der Waals surface area contributed by atoms with Gasteiger partial charge in [-0.2, -0.15) is 0 Å². The summed E-state index contributed by atoms with van der Waals surface area (Å²) in [6.07, 6.45) is 5.86. The zero-order valence-electron chi connectivity index (χ0n) is 19.4. The summed E-state index contributed by atoms with van der Waals surface area (Å²) < 4.78 is 0. The molecule has 0 aliphatic heterocycles. The van der Waals surface area contributed by atoms with E-state index in [1.54, 1.807) is 0 Å². The SMILES string of the molecule is C/C(=C\C(C)(C)C)CC(C)(C)C.C=C(CC(C)(C)C)CC(C)(C)C. The molecule has 0 aromatic carbocycles. The van der Waals surface area contributed by atoms with E-state index in [9.17, 15) is 0 Å². The molecule has 0 aliphatic carbocycles. The summed E-state index contributed by atoms with van der Waals surface area (Å²) in [7, 11) is 0. The van der Waals surface area contributed by atoms with Gasteiger partial charge in [-0.15, -0.1) is 0 Å². The Morgan fingerprint density at radius 3 is 1.12 bits per heavy atom. The molecule has 0 aliphatic rings. The van der Waals surface area contributed by atoms with Crippen LogP contribution in [-0.2, 0) is 0 Å². The standard InChI is InChI=1S/2C12H24/c2*1-10(8-11(2,3)4)9-12(5,6)7/h8H,9H2,1-7H3;1,8-9H2,2-7H3/b10-8+;. The van der Waals surface area contributed by atoms with Crippen LogP contribution in [0.1, 0.15) is 109 Å². The van der Waals surface area contributed by atoms with Crippen molar-refractivity contribution in [3.05, 3.63) is 23.8 Å². The highest BCUT2D eigenvalue weighted by Gasteiger charge is 2.17. The number of allylic oxidation sites excluding steroid dienone is 3. The van der Waals surface area contributed by atoms with Crippen LogP contribution < -0.4 is 0 Å². The van der Waals surface area contributed by atoms with Crippen molar-refractivity contribution in [1.29, 1.82) is 0 Å². The van der Waals surface area contributed by atoms with Crippen LogP contribution in [0.5, 0.6) is 0 Å². The average molecular weight is 337 g/mol. The van der Waals surface area contributed by atoms with Crippen LogP contribution in [0.15, 0.2) is 23.8 Å². The molecule has 0 rings (SSSR count). The van der Waals surface area contributed by atoms with Gasteiger partial charge < -0.3 is 0 Å². The summed E-state index contributed by atoms with van der Waals surface area (Å²) in [5.41, 5.74) is 4.43. The van der Waals surface area contributed by atoms with Crippen molar-refractivity contribution in [3.63, 3.8) is 0 Å². The maximum absolute atomic E-state index is 4.13. The Labute approximate surface area is 155 Å². The van der Waals surface area contributed by atoms with E-state index < -0.39 is 0 Å². The fraction of sp³-hybridized carbons (Fsp3) is 0.833. The lowest BCUT2D eigenvalue weighted by molar-refractivity contribution is 0.360. The minimum Gasteiger partial charge on any atom is -0.0998 e. The molecular formula is C24H48. The first-order valence-electron chi connectivity index (χ1n) is 9.55. The fourth-order valence-corrected chi connectivity index (χ4v) is 3.19. The highest BCUT2D eigenvalue weighted by atomic mass is 14.2. The third-order valence-corrected chi connectivity index (χ3v) is 3.05. The molecule has 0 radical (unpaired) electrons. The van der Waals surface area contributed by atoms with Gasteiger partial charge in [0.1, 0.15) is 0 Å². The minimum atomic E-state index is 0.329. The molecule has 0 fully saturated rings. The van der Waals surface area contributed by atoms with Gasteiger partial charge in [0, 0.05) is 0 Å². The summed E-state index contributed by atoms with van der Waals surface area (Å²) in [6.45, 7) is 33.5. The molecule has 0 saturated carbocycles. The van der Waals surface area contributed by atoms with Gasteiger partial charge in [0.15, 0.2) is 0 Å². The second-order valence-corrected chi connectivity index (χ2v) is 12.3. The first-order chi connectivity index (χ1) is 10.2. The molecule has 0 atom stereocenters. The summed E-state index contributed by atoms with van der Waals surface area (Å²) >= 11 is 0. The lowest BCUT2D eigenvalue weighted by Crippen LogP contribution is -2.11. The summed E-state index contributed by atoms with van der Waals surface area (Å²) in [4.78, 5) is 0. The van der Waals surface area contributed by atoms with Crippen molar-refractivity contribution < 1.29 is 0 Å². The van der Waals surface area contributed by atoms with Crippen LogP contribution in [0.2, 0.25) is 0 Å². The van der Waals surface area contributed by atoms with Crippen LogP contribution in [0.4, 0.5) is 0 Å². The van der Waals surface area contributed by atoms with Crippen LogP contribution in [-0.4, -0.2) is 0 Å². The Morgan fingerprint density at radius 1 is 0.625 bits per heavy atom. The molecule has 0 spiro atoms. The molecule has 0 heterocycles. The van der Waals surface area contributed by atoms with E-state index in [1.165, 1.54) is 17.6 Å². The third-order valence-electron chi connectivity index (χ3n) is 3.05. The number of hydrogen-bond acceptors (Lipinski definition) is 0. The van der Waals surface area contributed by atoms with Crippen molar-refractivity contribution in [3.8, 4) is 0 Å². The largest absolute Gasteiger partial charge is 0.0998 e. The monoisotopic (exact) mass is 336 g/mol. The first-order valence-corrected chi connectivity index (χ1v) is 9.55. The van der Waals surface area contributed by atoms with Crippen LogP contribution >= 0.6 is 0 Å². The van der Waals surface area contributed by atoms with Gasteiger partial charge in [0.25, 0.3) is 0 Å². The van der Waals surface area contributed by atoms with Crippen LogP contribution in [0, 0.1) is 21.7 Å². The zero-order chi connectivity index (χ0) is 20.0. The van der Waals surface area contributed by atoms with E-state index in [2.05, 4.69) is 103 Å². The number of hydrogen-bond donors (Lipinski definition) is 0. The van der Waals surface area contributed by atoms with Crippen molar-refractivity contribution >= 4 is 0 Å². The Kier molecular flexibility index (Phi) is 9.92. The lowest BCUT2D eigenvalue weighted by atomic mass is 9.81. The smallest absolute Gasteiger partial charge is 0.0201 e.